The van der Waals surface area contributed by atoms with Gasteiger partial charge in [0, 0.05) is 19.2 Å². The molecule has 3 N–H and O–H groups in total. The summed E-state index contributed by atoms with van der Waals surface area (Å²) in [5.74, 6) is 0. The van der Waals surface area contributed by atoms with E-state index in [4.69, 9.17) is 10.8 Å². The molecule has 0 aliphatic carbocycles. The number of rotatable bonds is 7. The van der Waals surface area contributed by atoms with Crippen molar-refractivity contribution in [3.63, 3.8) is 0 Å². The summed E-state index contributed by atoms with van der Waals surface area (Å²) in [7, 11) is -3.43. The van der Waals surface area contributed by atoms with Crippen LogP contribution in [0.2, 0.25) is 0 Å². The number of hydrogen-bond acceptors (Lipinski definition) is 4. The predicted octanol–water partition coefficient (Wildman–Crippen LogP) is 1.11. The van der Waals surface area contributed by atoms with E-state index in [1.807, 2.05) is 12.1 Å². The molecule has 0 radical (unpaired) electrons. The van der Waals surface area contributed by atoms with Crippen LogP contribution in [0.3, 0.4) is 0 Å². The van der Waals surface area contributed by atoms with E-state index in [0.717, 1.165) is 31.2 Å². The fraction of sp³-hybridized carbons (Fsp3) is 0.600. The van der Waals surface area contributed by atoms with Crippen molar-refractivity contribution in [2.45, 2.75) is 43.0 Å². The molecule has 0 amide bonds. The first-order valence-corrected chi connectivity index (χ1v) is 8.95. The lowest BCUT2D eigenvalue weighted by molar-refractivity contribution is 0.264. The van der Waals surface area contributed by atoms with Gasteiger partial charge in [0.1, 0.15) is 0 Å². The third-order valence-electron chi connectivity index (χ3n) is 3.98. The van der Waals surface area contributed by atoms with Gasteiger partial charge in [-0.1, -0.05) is 12.1 Å². The lowest BCUT2D eigenvalue weighted by Gasteiger charge is -2.24. The Morgan fingerprint density at radius 1 is 1.29 bits per heavy atom. The van der Waals surface area contributed by atoms with Crippen molar-refractivity contribution in [2.75, 3.05) is 19.7 Å². The van der Waals surface area contributed by atoms with Gasteiger partial charge in [-0.25, -0.2) is 8.42 Å². The zero-order chi connectivity index (χ0) is 15.3. The highest BCUT2D eigenvalue weighted by Crippen LogP contribution is 2.28. The molecule has 5 nitrogen and oxygen atoms in total. The minimum absolute atomic E-state index is 0.0193. The van der Waals surface area contributed by atoms with Gasteiger partial charge in [-0.3, -0.25) is 0 Å². The van der Waals surface area contributed by atoms with Crippen LogP contribution in [0.4, 0.5) is 0 Å². The van der Waals surface area contributed by atoms with Gasteiger partial charge in [0.05, 0.1) is 4.90 Å². The largest absolute Gasteiger partial charge is 0.396 e. The molecule has 0 bridgehead atoms. The summed E-state index contributed by atoms with van der Waals surface area (Å²) >= 11 is 0. The Morgan fingerprint density at radius 2 is 2.00 bits per heavy atom. The van der Waals surface area contributed by atoms with Crippen molar-refractivity contribution in [3.05, 3.63) is 29.8 Å². The quantitative estimate of drug-likeness (QED) is 0.790. The topological polar surface area (TPSA) is 83.6 Å². The highest BCUT2D eigenvalue weighted by atomic mass is 32.2. The van der Waals surface area contributed by atoms with Crippen molar-refractivity contribution in [1.82, 2.24) is 4.31 Å². The van der Waals surface area contributed by atoms with Crippen molar-refractivity contribution >= 4 is 10.0 Å². The number of nitrogens with two attached hydrogens (primary N) is 1. The molecular formula is C15H24N2O3S. The summed E-state index contributed by atoms with van der Waals surface area (Å²) in [6.45, 7) is 1.24. The molecule has 21 heavy (non-hydrogen) atoms. The summed E-state index contributed by atoms with van der Waals surface area (Å²) in [4.78, 5) is 0.346. The second kappa shape index (κ2) is 7.35. The van der Waals surface area contributed by atoms with Gasteiger partial charge >= 0.3 is 0 Å². The Labute approximate surface area is 126 Å². The Hall–Kier alpha value is -0.950. The van der Waals surface area contributed by atoms with Crippen LogP contribution < -0.4 is 5.73 Å². The Balaban J connectivity index is 2.16. The van der Waals surface area contributed by atoms with E-state index in [-0.39, 0.29) is 12.6 Å². The molecule has 0 spiro atoms. The monoisotopic (exact) mass is 312 g/mol. The maximum atomic E-state index is 12.7. The molecule has 0 aromatic heterocycles. The maximum absolute atomic E-state index is 12.7. The molecule has 1 aromatic rings. The van der Waals surface area contributed by atoms with Gasteiger partial charge < -0.3 is 10.8 Å². The van der Waals surface area contributed by atoms with Crippen LogP contribution in [0.1, 0.15) is 31.2 Å². The van der Waals surface area contributed by atoms with E-state index in [1.54, 1.807) is 16.4 Å². The van der Waals surface area contributed by atoms with Crippen LogP contribution >= 0.6 is 0 Å². The van der Waals surface area contributed by atoms with Crippen molar-refractivity contribution in [1.29, 1.82) is 0 Å². The first-order valence-electron chi connectivity index (χ1n) is 7.51. The van der Waals surface area contributed by atoms with Crippen LogP contribution in [-0.2, 0) is 16.4 Å². The number of nitrogens with zero attached hydrogens (tertiary/aromatic N) is 1. The lowest BCUT2D eigenvalue weighted by Crippen LogP contribution is -2.35. The number of aliphatic hydroxyl groups is 1. The molecule has 118 valence electrons. The highest BCUT2D eigenvalue weighted by Gasteiger charge is 2.34. The molecule has 6 heteroatoms. The highest BCUT2D eigenvalue weighted by molar-refractivity contribution is 7.89. The average molecular weight is 312 g/mol. The number of hydrogen-bond donors (Lipinski definition) is 2. The van der Waals surface area contributed by atoms with E-state index in [2.05, 4.69) is 0 Å². The predicted molar refractivity (Wildman–Crippen MR) is 82.4 cm³/mol. The van der Waals surface area contributed by atoms with Crippen LogP contribution in [0, 0.1) is 0 Å². The minimum atomic E-state index is -3.43. The number of benzene rings is 1. The summed E-state index contributed by atoms with van der Waals surface area (Å²) in [5.41, 5.74) is 6.55. The zero-order valence-corrected chi connectivity index (χ0v) is 13.1. The molecule has 1 unspecified atom stereocenters. The summed E-state index contributed by atoms with van der Waals surface area (Å²) < 4.78 is 27.0. The van der Waals surface area contributed by atoms with Crippen LogP contribution in [0.15, 0.2) is 29.2 Å². The second-order valence-corrected chi connectivity index (χ2v) is 7.35. The molecule has 1 atom stereocenters. The fourth-order valence-electron chi connectivity index (χ4n) is 2.87. The number of aliphatic hydroxyl groups excluding tert-OH is 1. The number of sulfonamides is 1. The lowest BCUT2D eigenvalue weighted by atomic mass is 10.1. The van der Waals surface area contributed by atoms with Crippen LogP contribution in [-0.4, -0.2) is 43.6 Å². The summed E-state index contributed by atoms with van der Waals surface area (Å²) in [6.07, 6.45) is 3.89. The summed E-state index contributed by atoms with van der Waals surface area (Å²) in [5, 5.41) is 8.94. The standard InChI is InChI=1S/C15H24N2O3S/c16-10-9-13-5-7-15(8-6-13)21(19,20)17-11-1-3-14(17)4-2-12-18/h5-8,14,18H,1-4,9-12,16H2. The Morgan fingerprint density at radius 3 is 2.62 bits per heavy atom. The molecule has 2 rings (SSSR count). The molecule has 1 aliphatic rings. The molecule has 1 fully saturated rings. The smallest absolute Gasteiger partial charge is 0.243 e. The van der Waals surface area contributed by atoms with E-state index >= 15 is 0 Å². The minimum Gasteiger partial charge on any atom is -0.396 e. The molecule has 0 saturated carbocycles. The third kappa shape index (κ3) is 3.83. The van der Waals surface area contributed by atoms with Gasteiger partial charge in [-0.15, -0.1) is 0 Å². The molecule has 1 aliphatic heterocycles. The third-order valence-corrected chi connectivity index (χ3v) is 5.95. The normalized spacial score (nSPS) is 20.0. The first-order chi connectivity index (χ1) is 10.1. The van der Waals surface area contributed by atoms with Gasteiger partial charge in [0.25, 0.3) is 0 Å². The van der Waals surface area contributed by atoms with Gasteiger partial charge in [0.2, 0.25) is 10.0 Å². The Kier molecular flexibility index (Phi) is 5.75. The van der Waals surface area contributed by atoms with Gasteiger partial charge in [-0.05, 0) is 56.3 Å². The summed E-state index contributed by atoms with van der Waals surface area (Å²) in [6, 6.07) is 7.02. The van der Waals surface area contributed by atoms with Crippen LogP contribution in [0.25, 0.3) is 0 Å². The van der Waals surface area contributed by atoms with E-state index in [1.165, 1.54) is 0 Å². The SMILES string of the molecule is NCCc1ccc(S(=O)(=O)N2CCCC2CCCO)cc1. The van der Waals surface area contributed by atoms with E-state index in [0.29, 0.717) is 24.4 Å². The van der Waals surface area contributed by atoms with E-state index in [9.17, 15) is 8.42 Å². The molecule has 1 saturated heterocycles. The molecule has 1 heterocycles. The molecular weight excluding hydrogens is 288 g/mol. The van der Waals surface area contributed by atoms with Crippen molar-refractivity contribution in [3.8, 4) is 0 Å². The van der Waals surface area contributed by atoms with Gasteiger partial charge in [-0.2, -0.15) is 4.31 Å². The first kappa shape index (κ1) is 16.4. The molecule has 1 aromatic carbocycles. The average Bonchev–Trinajstić information content (AvgIpc) is 2.95. The Bertz CT molecular complexity index is 543. The van der Waals surface area contributed by atoms with Crippen LogP contribution in [0.5, 0.6) is 0 Å². The van der Waals surface area contributed by atoms with Crippen molar-refractivity contribution < 1.29 is 13.5 Å². The van der Waals surface area contributed by atoms with Gasteiger partial charge in [0.15, 0.2) is 0 Å². The van der Waals surface area contributed by atoms with E-state index < -0.39 is 10.0 Å². The second-order valence-electron chi connectivity index (χ2n) is 5.46. The maximum Gasteiger partial charge on any atom is 0.243 e. The fourth-order valence-corrected chi connectivity index (χ4v) is 4.59. The van der Waals surface area contributed by atoms with Crippen molar-refractivity contribution in [2.24, 2.45) is 5.73 Å². The zero-order valence-electron chi connectivity index (χ0n) is 12.2.